The summed E-state index contributed by atoms with van der Waals surface area (Å²) in [5, 5.41) is 11.6. The van der Waals surface area contributed by atoms with Gasteiger partial charge in [-0.2, -0.15) is 0 Å². The summed E-state index contributed by atoms with van der Waals surface area (Å²) in [6.07, 6.45) is 4.49. The van der Waals surface area contributed by atoms with Gasteiger partial charge in [0, 0.05) is 6.54 Å². The molecule has 0 aliphatic carbocycles. The van der Waals surface area contributed by atoms with Gasteiger partial charge in [0.1, 0.15) is 0 Å². The van der Waals surface area contributed by atoms with Gasteiger partial charge in [-0.25, -0.2) is 4.68 Å². The van der Waals surface area contributed by atoms with Gasteiger partial charge in [-0.15, -0.1) is 5.10 Å². The lowest BCUT2D eigenvalue weighted by atomic mass is 9.99. The Hall–Kier alpha value is -0.900. The molecule has 2 heterocycles. The number of piperidine rings is 1. The van der Waals surface area contributed by atoms with Crippen molar-refractivity contribution in [3.63, 3.8) is 0 Å². The molecule has 1 unspecified atom stereocenters. The topological polar surface area (TPSA) is 42.7 Å². The SMILES string of the molecule is CC(C)c1cnnn1CC1CCCNC1. The molecule has 4 heteroatoms. The molecule has 1 aromatic heterocycles. The van der Waals surface area contributed by atoms with Crippen LogP contribution in [0.3, 0.4) is 0 Å². The minimum absolute atomic E-state index is 0.511. The van der Waals surface area contributed by atoms with Crippen molar-refractivity contribution in [1.82, 2.24) is 20.3 Å². The quantitative estimate of drug-likeness (QED) is 0.816. The molecule has 1 aliphatic rings. The zero-order chi connectivity index (χ0) is 10.7. The molecule has 1 atom stereocenters. The van der Waals surface area contributed by atoms with E-state index in [1.807, 2.05) is 6.20 Å². The van der Waals surface area contributed by atoms with Crippen LogP contribution in [0.2, 0.25) is 0 Å². The second-order valence-electron chi connectivity index (χ2n) is 4.71. The molecule has 0 bridgehead atoms. The second kappa shape index (κ2) is 4.75. The summed E-state index contributed by atoms with van der Waals surface area (Å²) >= 11 is 0. The number of aromatic nitrogens is 3. The van der Waals surface area contributed by atoms with Crippen LogP contribution in [0.25, 0.3) is 0 Å². The van der Waals surface area contributed by atoms with Crippen LogP contribution < -0.4 is 5.32 Å². The van der Waals surface area contributed by atoms with Crippen LogP contribution >= 0.6 is 0 Å². The van der Waals surface area contributed by atoms with Gasteiger partial charge in [0.05, 0.1) is 11.9 Å². The number of nitrogens with one attached hydrogen (secondary N) is 1. The summed E-state index contributed by atoms with van der Waals surface area (Å²) in [6, 6.07) is 0. The highest BCUT2D eigenvalue weighted by Gasteiger charge is 2.16. The molecule has 0 spiro atoms. The highest BCUT2D eigenvalue weighted by molar-refractivity contribution is 5.00. The van der Waals surface area contributed by atoms with Crippen molar-refractivity contribution in [2.45, 2.75) is 39.2 Å². The van der Waals surface area contributed by atoms with E-state index < -0.39 is 0 Å². The van der Waals surface area contributed by atoms with Gasteiger partial charge >= 0.3 is 0 Å². The Labute approximate surface area is 91.1 Å². The molecule has 4 nitrogen and oxygen atoms in total. The fourth-order valence-corrected chi connectivity index (χ4v) is 2.18. The molecule has 1 N–H and O–H groups in total. The molecule has 0 amide bonds. The van der Waals surface area contributed by atoms with E-state index in [1.165, 1.54) is 25.1 Å². The normalized spacial score (nSPS) is 22.2. The van der Waals surface area contributed by atoms with Crippen LogP contribution in [0.4, 0.5) is 0 Å². The fourth-order valence-electron chi connectivity index (χ4n) is 2.18. The smallest absolute Gasteiger partial charge is 0.0727 e. The Morgan fingerprint density at radius 2 is 2.47 bits per heavy atom. The van der Waals surface area contributed by atoms with Crippen molar-refractivity contribution >= 4 is 0 Å². The Kier molecular flexibility index (Phi) is 3.36. The third-order valence-electron chi connectivity index (χ3n) is 3.07. The molecule has 2 rings (SSSR count). The standard InChI is InChI=1S/C11H20N4/c1-9(2)11-7-13-14-15(11)8-10-4-3-5-12-6-10/h7,9-10,12H,3-6,8H2,1-2H3. The molecule has 1 fully saturated rings. The van der Waals surface area contributed by atoms with Crippen molar-refractivity contribution in [2.24, 2.45) is 5.92 Å². The monoisotopic (exact) mass is 208 g/mol. The summed E-state index contributed by atoms with van der Waals surface area (Å²) in [7, 11) is 0. The molecule has 0 saturated carbocycles. The van der Waals surface area contributed by atoms with E-state index in [9.17, 15) is 0 Å². The van der Waals surface area contributed by atoms with Crippen LogP contribution in [-0.2, 0) is 6.54 Å². The lowest BCUT2D eigenvalue weighted by molar-refractivity contribution is 0.317. The maximum absolute atomic E-state index is 4.17. The summed E-state index contributed by atoms with van der Waals surface area (Å²) < 4.78 is 2.07. The third-order valence-corrected chi connectivity index (χ3v) is 3.07. The number of hydrogen-bond donors (Lipinski definition) is 1. The van der Waals surface area contributed by atoms with E-state index in [0.717, 1.165) is 19.0 Å². The number of rotatable bonds is 3. The van der Waals surface area contributed by atoms with Crippen molar-refractivity contribution in [2.75, 3.05) is 13.1 Å². The van der Waals surface area contributed by atoms with Gasteiger partial charge in [0.25, 0.3) is 0 Å². The Morgan fingerprint density at radius 3 is 3.13 bits per heavy atom. The maximum Gasteiger partial charge on any atom is 0.0727 e. The van der Waals surface area contributed by atoms with Crippen molar-refractivity contribution in [1.29, 1.82) is 0 Å². The third kappa shape index (κ3) is 2.56. The number of nitrogens with zero attached hydrogens (tertiary/aromatic N) is 3. The Morgan fingerprint density at radius 1 is 1.60 bits per heavy atom. The zero-order valence-corrected chi connectivity index (χ0v) is 9.61. The predicted octanol–water partition coefficient (Wildman–Crippen LogP) is 1.40. The molecule has 1 aliphatic heterocycles. The number of hydrogen-bond acceptors (Lipinski definition) is 3. The van der Waals surface area contributed by atoms with E-state index >= 15 is 0 Å². The van der Waals surface area contributed by atoms with Gasteiger partial charge in [0.2, 0.25) is 0 Å². The van der Waals surface area contributed by atoms with Crippen molar-refractivity contribution in [3.8, 4) is 0 Å². The van der Waals surface area contributed by atoms with Crippen LogP contribution in [-0.4, -0.2) is 28.1 Å². The zero-order valence-electron chi connectivity index (χ0n) is 9.61. The average molecular weight is 208 g/mol. The average Bonchev–Trinajstić information content (AvgIpc) is 2.67. The molecular formula is C11H20N4. The summed E-state index contributed by atoms with van der Waals surface area (Å²) in [5.74, 6) is 1.23. The van der Waals surface area contributed by atoms with E-state index in [1.54, 1.807) is 0 Å². The first kappa shape index (κ1) is 10.6. The second-order valence-corrected chi connectivity index (χ2v) is 4.71. The first-order valence-corrected chi connectivity index (χ1v) is 5.86. The first-order chi connectivity index (χ1) is 7.27. The predicted molar refractivity (Wildman–Crippen MR) is 59.7 cm³/mol. The van der Waals surface area contributed by atoms with E-state index in [-0.39, 0.29) is 0 Å². The Balaban J connectivity index is 1.99. The summed E-state index contributed by atoms with van der Waals surface area (Å²) in [6.45, 7) is 7.69. The highest BCUT2D eigenvalue weighted by Crippen LogP contribution is 2.16. The molecular weight excluding hydrogens is 188 g/mol. The fraction of sp³-hybridized carbons (Fsp3) is 0.818. The summed E-state index contributed by atoms with van der Waals surface area (Å²) in [5.41, 5.74) is 1.25. The van der Waals surface area contributed by atoms with Gasteiger partial charge < -0.3 is 5.32 Å². The van der Waals surface area contributed by atoms with Crippen LogP contribution in [0.15, 0.2) is 6.20 Å². The van der Waals surface area contributed by atoms with Gasteiger partial charge in [-0.05, 0) is 37.8 Å². The van der Waals surface area contributed by atoms with Crippen molar-refractivity contribution < 1.29 is 0 Å². The van der Waals surface area contributed by atoms with Gasteiger partial charge in [-0.3, -0.25) is 0 Å². The van der Waals surface area contributed by atoms with Crippen LogP contribution in [0.1, 0.15) is 38.3 Å². The minimum atomic E-state index is 0.511. The van der Waals surface area contributed by atoms with Crippen molar-refractivity contribution in [3.05, 3.63) is 11.9 Å². The molecule has 84 valence electrons. The van der Waals surface area contributed by atoms with Gasteiger partial charge in [0.15, 0.2) is 0 Å². The lowest BCUT2D eigenvalue weighted by Crippen LogP contribution is -2.32. The highest BCUT2D eigenvalue weighted by atomic mass is 15.4. The molecule has 15 heavy (non-hydrogen) atoms. The molecule has 0 aromatic carbocycles. The molecule has 1 saturated heterocycles. The summed E-state index contributed by atoms with van der Waals surface area (Å²) in [4.78, 5) is 0. The Bertz CT molecular complexity index is 299. The van der Waals surface area contributed by atoms with E-state index in [4.69, 9.17) is 0 Å². The van der Waals surface area contributed by atoms with E-state index in [2.05, 4.69) is 34.2 Å². The minimum Gasteiger partial charge on any atom is -0.316 e. The largest absolute Gasteiger partial charge is 0.316 e. The lowest BCUT2D eigenvalue weighted by Gasteiger charge is -2.23. The van der Waals surface area contributed by atoms with E-state index in [0.29, 0.717) is 5.92 Å². The van der Waals surface area contributed by atoms with Gasteiger partial charge in [-0.1, -0.05) is 19.1 Å². The van der Waals surface area contributed by atoms with Crippen LogP contribution in [0, 0.1) is 5.92 Å². The van der Waals surface area contributed by atoms with Crippen LogP contribution in [0.5, 0.6) is 0 Å². The first-order valence-electron chi connectivity index (χ1n) is 5.86. The maximum atomic E-state index is 4.17. The molecule has 1 aromatic rings. The molecule has 0 radical (unpaired) electrons.